The summed E-state index contributed by atoms with van der Waals surface area (Å²) in [4.78, 5) is 0. The van der Waals surface area contributed by atoms with Gasteiger partial charge in [-0.3, -0.25) is 0 Å². The Hall–Kier alpha value is 0.0400. The monoisotopic (exact) mass is 367 g/mol. The number of hydrogen-bond donors (Lipinski definition) is 1. The number of benzene rings is 1. The van der Waals surface area contributed by atoms with Crippen LogP contribution in [0.2, 0.25) is 10.0 Å². The summed E-state index contributed by atoms with van der Waals surface area (Å²) in [6, 6.07) is 3.47. The summed E-state index contributed by atoms with van der Waals surface area (Å²) in [5.74, 6) is 0.618. The van der Waals surface area contributed by atoms with E-state index in [-0.39, 0.29) is 0 Å². The molecular formula is C14H20BrCl2NO. The van der Waals surface area contributed by atoms with Crippen LogP contribution in [0.1, 0.15) is 27.2 Å². The van der Waals surface area contributed by atoms with Crippen molar-refractivity contribution in [3.63, 3.8) is 0 Å². The van der Waals surface area contributed by atoms with E-state index in [9.17, 15) is 0 Å². The van der Waals surface area contributed by atoms with Crippen molar-refractivity contribution < 1.29 is 4.74 Å². The molecule has 0 atom stereocenters. The number of hydrogen-bond acceptors (Lipinski definition) is 2. The van der Waals surface area contributed by atoms with Gasteiger partial charge in [0.1, 0.15) is 12.4 Å². The molecule has 0 aliphatic heterocycles. The first kappa shape index (κ1) is 17.1. The van der Waals surface area contributed by atoms with Gasteiger partial charge in [0.15, 0.2) is 0 Å². The van der Waals surface area contributed by atoms with Crippen LogP contribution >= 0.6 is 39.1 Å². The molecule has 2 nitrogen and oxygen atoms in total. The van der Waals surface area contributed by atoms with Gasteiger partial charge in [-0.1, -0.05) is 44.0 Å². The molecule has 0 heterocycles. The molecule has 1 aromatic carbocycles. The molecule has 0 fully saturated rings. The minimum Gasteiger partial charge on any atom is -0.491 e. The van der Waals surface area contributed by atoms with Crippen molar-refractivity contribution in [2.24, 2.45) is 5.41 Å². The van der Waals surface area contributed by atoms with Crippen molar-refractivity contribution >= 4 is 39.1 Å². The molecule has 0 aromatic heterocycles. The highest BCUT2D eigenvalue weighted by Crippen LogP contribution is 2.33. The second-order valence-electron chi connectivity index (χ2n) is 5.61. The molecule has 0 amide bonds. The minimum atomic E-state index is 0.358. The largest absolute Gasteiger partial charge is 0.491 e. The molecule has 0 aliphatic carbocycles. The normalized spacial score (nSPS) is 11.7. The van der Waals surface area contributed by atoms with Crippen molar-refractivity contribution in [1.29, 1.82) is 0 Å². The van der Waals surface area contributed by atoms with Crippen LogP contribution in [0.3, 0.4) is 0 Å². The Balaban J connectivity index is 2.28. The highest BCUT2D eigenvalue weighted by Gasteiger charge is 2.09. The zero-order chi connectivity index (χ0) is 14.5. The smallest absolute Gasteiger partial charge is 0.139 e. The van der Waals surface area contributed by atoms with Crippen molar-refractivity contribution in [3.05, 3.63) is 26.7 Å². The summed E-state index contributed by atoms with van der Waals surface area (Å²) in [5.41, 5.74) is 0.358. The first-order valence-corrected chi connectivity index (χ1v) is 7.82. The maximum Gasteiger partial charge on any atom is 0.139 e. The highest BCUT2D eigenvalue weighted by atomic mass is 79.9. The van der Waals surface area contributed by atoms with E-state index in [4.69, 9.17) is 27.9 Å². The maximum absolute atomic E-state index is 6.07. The summed E-state index contributed by atoms with van der Waals surface area (Å²) in [6.45, 7) is 9.04. The van der Waals surface area contributed by atoms with Crippen molar-refractivity contribution in [1.82, 2.24) is 5.32 Å². The van der Waals surface area contributed by atoms with Gasteiger partial charge in [-0.2, -0.15) is 0 Å². The van der Waals surface area contributed by atoms with Gasteiger partial charge < -0.3 is 10.1 Å². The Morgan fingerprint density at radius 2 is 1.84 bits per heavy atom. The number of halogens is 3. The molecule has 0 saturated heterocycles. The summed E-state index contributed by atoms with van der Waals surface area (Å²) in [6.07, 6.45) is 1.14. The molecule has 1 aromatic rings. The Morgan fingerprint density at radius 3 is 2.47 bits per heavy atom. The summed E-state index contributed by atoms with van der Waals surface area (Å²) in [7, 11) is 0. The Kier molecular flexibility index (Phi) is 6.95. The first-order valence-electron chi connectivity index (χ1n) is 6.28. The van der Waals surface area contributed by atoms with Crippen LogP contribution in [0.4, 0.5) is 0 Å². The standard InChI is InChI=1S/C14H20BrCl2NO/c1-14(2,3)4-5-18-6-7-19-13-9-11(16)10(15)8-12(13)17/h8-9,18H,4-7H2,1-3H3. The first-order chi connectivity index (χ1) is 8.79. The van der Waals surface area contributed by atoms with Gasteiger partial charge in [-0.15, -0.1) is 0 Å². The average Bonchev–Trinajstić information content (AvgIpc) is 2.28. The van der Waals surface area contributed by atoms with Crippen LogP contribution < -0.4 is 10.1 Å². The van der Waals surface area contributed by atoms with Crippen LogP contribution in [-0.4, -0.2) is 19.7 Å². The van der Waals surface area contributed by atoms with Crippen LogP contribution in [0.5, 0.6) is 5.75 Å². The molecule has 108 valence electrons. The predicted octanol–water partition coefficient (Wildman–Crippen LogP) is 5.16. The lowest BCUT2D eigenvalue weighted by Crippen LogP contribution is -2.25. The Labute approximate surface area is 133 Å². The lowest BCUT2D eigenvalue weighted by atomic mass is 9.92. The Bertz CT molecular complexity index is 419. The van der Waals surface area contributed by atoms with Crippen LogP contribution in [0, 0.1) is 5.41 Å². The molecule has 0 spiro atoms. The number of ether oxygens (including phenoxy) is 1. The fraction of sp³-hybridized carbons (Fsp3) is 0.571. The molecule has 1 rings (SSSR count). The van der Waals surface area contributed by atoms with Gasteiger partial charge in [0.25, 0.3) is 0 Å². The average molecular weight is 369 g/mol. The molecule has 0 bridgehead atoms. The SMILES string of the molecule is CC(C)(C)CCNCCOc1cc(Cl)c(Br)cc1Cl. The molecular weight excluding hydrogens is 349 g/mol. The molecule has 0 unspecified atom stereocenters. The van der Waals surface area contributed by atoms with Crippen molar-refractivity contribution in [2.75, 3.05) is 19.7 Å². The van der Waals surface area contributed by atoms with Gasteiger partial charge in [0.05, 0.1) is 10.0 Å². The second kappa shape index (κ2) is 7.72. The fourth-order valence-corrected chi connectivity index (χ4v) is 2.28. The van der Waals surface area contributed by atoms with Gasteiger partial charge in [0.2, 0.25) is 0 Å². The summed E-state index contributed by atoms with van der Waals surface area (Å²) in [5, 5.41) is 4.51. The van der Waals surface area contributed by atoms with E-state index in [0.717, 1.165) is 24.0 Å². The van der Waals surface area contributed by atoms with Gasteiger partial charge in [-0.05, 0) is 40.4 Å². The van der Waals surface area contributed by atoms with Crippen molar-refractivity contribution in [3.8, 4) is 5.75 Å². The third-order valence-electron chi connectivity index (χ3n) is 2.56. The third-order valence-corrected chi connectivity index (χ3v) is 4.06. The van der Waals surface area contributed by atoms with E-state index < -0.39 is 0 Å². The fourth-order valence-electron chi connectivity index (χ4n) is 1.44. The lowest BCUT2D eigenvalue weighted by molar-refractivity contribution is 0.304. The second-order valence-corrected chi connectivity index (χ2v) is 7.27. The quantitative estimate of drug-likeness (QED) is 0.553. The van der Waals surface area contributed by atoms with Crippen molar-refractivity contribution in [2.45, 2.75) is 27.2 Å². The highest BCUT2D eigenvalue weighted by molar-refractivity contribution is 9.10. The van der Waals surface area contributed by atoms with E-state index >= 15 is 0 Å². The van der Waals surface area contributed by atoms with Gasteiger partial charge >= 0.3 is 0 Å². The maximum atomic E-state index is 6.07. The van der Waals surface area contributed by atoms with Crippen LogP contribution in [0.25, 0.3) is 0 Å². The molecule has 1 N–H and O–H groups in total. The molecule has 19 heavy (non-hydrogen) atoms. The van der Waals surface area contributed by atoms with Gasteiger partial charge in [0, 0.05) is 17.1 Å². The van der Waals surface area contributed by atoms with E-state index in [1.165, 1.54) is 0 Å². The van der Waals surface area contributed by atoms with Gasteiger partial charge in [-0.25, -0.2) is 0 Å². The summed E-state index contributed by atoms with van der Waals surface area (Å²) < 4.78 is 6.38. The van der Waals surface area contributed by atoms with Crippen LogP contribution in [0.15, 0.2) is 16.6 Å². The van der Waals surface area contributed by atoms with E-state index in [1.807, 2.05) is 0 Å². The zero-order valence-corrected chi connectivity index (χ0v) is 14.6. The van der Waals surface area contributed by atoms with E-state index in [2.05, 4.69) is 42.0 Å². The van der Waals surface area contributed by atoms with E-state index in [0.29, 0.717) is 27.8 Å². The van der Waals surface area contributed by atoms with Crippen LogP contribution in [-0.2, 0) is 0 Å². The molecule has 5 heteroatoms. The topological polar surface area (TPSA) is 21.3 Å². The third kappa shape index (κ3) is 6.84. The van der Waals surface area contributed by atoms with E-state index in [1.54, 1.807) is 12.1 Å². The molecule has 0 saturated carbocycles. The molecule has 0 aliphatic rings. The number of nitrogens with one attached hydrogen (secondary N) is 1. The number of rotatable bonds is 6. The lowest BCUT2D eigenvalue weighted by Gasteiger charge is -2.18. The summed E-state index contributed by atoms with van der Waals surface area (Å²) >= 11 is 15.4. The zero-order valence-electron chi connectivity index (χ0n) is 11.5. The minimum absolute atomic E-state index is 0.358. The Morgan fingerprint density at radius 1 is 1.16 bits per heavy atom. The predicted molar refractivity (Wildman–Crippen MR) is 86.6 cm³/mol. The molecule has 0 radical (unpaired) electrons.